The first kappa shape index (κ1) is 90.5. The Balaban J connectivity index is 1.30. The minimum atomic E-state index is -1.28. The fourth-order valence-electron chi connectivity index (χ4n) is 13.0. The summed E-state index contributed by atoms with van der Waals surface area (Å²) in [6, 6.07) is -0.963. The van der Waals surface area contributed by atoms with Crippen LogP contribution in [-0.2, 0) is 71.5 Å². The van der Waals surface area contributed by atoms with Gasteiger partial charge in [0.05, 0.1) is 56.9 Å². The first-order chi connectivity index (χ1) is 48.7. The molecule has 23 atom stereocenters. The summed E-state index contributed by atoms with van der Waals surface area (Å²) >= 11 is 0. The molecule has 16 N–H and O–H groups in total. The topological polar surface area (TPSA) is 484 Å². The van der Waals surface area contributed by atoms with Gasteiger partial charge in [-0.25, -0.2) is 0 Å². The van der Waals surface area contributed by atoms with Gasteiger partial charge in [0.15, 0.2) is 30.9 Å². The maximum absolute atomic E-state index is 14.3. The van der Waals surface area contributed by atoms with Crippen molar-refractivity contribution in [3.8, 4) is 0 Å². The Labute approximate surface area is 600 Å². The molecule has 0 aliphatic carbocycles. The summed E-state index contributed by atoms with van der Waals surface area (Å²) in [4.78, 5) is 94.7. The predicted octanol–water partition coefficient (Wildman–Crippen LogP) is -0.245. The van der Waals surface area contributed by atoms with Crippen LogP contribution < -0.4 is 21.3 Å². The number of ether oxygens (including phenoxy) is 8. The van der Waals surface area contributed by atoms with Crippen LogP contribution >= 0.6 is 0 Å². The predicted molar refractivity (Wildman–Crippen MR) is 365 cm³/mol. The van der Waals surface area contributed by atoms with Crippen molar-refractivity contribution in [2.24, 2.45) is 41.4 Å². The Morgan fingerprint density at radius 1 is 0.373 bits per heavy atom. The summed E-state index contributed by atoms with van der Waals surface area (Å²) in [6.07, 6.45) is -9.53. The quantitative estimate of drug-likeness (QED) is 0.0349. The van der Waals surface area contributed by atoms with E-state index in [1.54, 1.807) is 41.5 Å². The molecule has 0 aromatic carbocycles. The number of aliphatic hydroxyl groups excluding tert-OH is 12. The largest absolute Gasteiger partial charge is 0.394 e. The minimum Gasteiger partial charge on any atom is -0.394 e. The Bertz CT molecular complexity index is 2410. The van der Waals surface area contributed by atoms with E-state index in [1.807, 2.05) is 0 Å². The van der Waals surface area contributed by atoms with Crippen molar-refractivity contribution in [2.75, 3.05) is 72.5 Å². The van der Waals surface area contributed by atoms with E-state index in [-0.39, 0.29) is 120 Å². The number of unbranched alkanes of at least 4 members (excludes halogenated alkanes) is 7. The standard InChI is InChI=1S/C71H126N4O27/c1-41(2)58(85)46(36-50(81)49(75-57(84)27-13-20-34-98-71-45(6)62(89)66(93)54(40-79)102-71)24-9-16-29-73-56(83)26-12-19-33-97-70-44(5)61(88)65(92)53(39-78)101-70)21-7-15-30-74-67(94)47(35-48(80)23-10-17-31-95-68-42(3)59(86)63(90)51(37-76)99-68)22-8-14-28-72-55(82)25-11-18-32-96-69-43(4)60(87)64(91)52(38-77)100-69/h41-47,49,51-54,59-66,68-71,76-79,86-93H,7-40H2,1-6H3,(H,72,82)(H,73,83)(H,74,94)(H,75,84)/t42?,43?,44?,45?,46?,47?,49?,51?,52?,53?,54?,59-,60-,61-,62-,63+,64+,65+,66+,68-,69-,70-,71-/m1/s1. The van der Waals surface area contributed by atoms with Gasteiger partial charge in [0.2, 0.25) is 23.6 Å². The van der Waals surface area contributed by atoms with Gasteiger partial charge in [-0.1, -0.05) is 54.4 Å². The number of carbonyl (C=O) groups is 7. The zero-order valence-electron chi connectivity index (χ0n) is 60.9. The summed E-state index contributed by atoms with van der Waals surface area (Å²) in [5.74, 6) is -5.86. The lowest BCUT2D eigenvalue weighted by atomic mass is 9.85. The van der Waals surface area contributed by atoms with Gasteiger partial charge in [0.1, 0.15) is 60.4 Å². The summed E-state index contributed by atoms with van der Waals surface area (Å²) in [6.45, 7) is 9.68. The molecule has 592 valence electrons. The molecule has 4 aliphatic rings. The van der Waals surface area contributed by atoms with E-state index in [1.165, 1.54) is 0 Å². The molecule has 4 rings (SSSR count). The van der Waals surface area contributed by atoms with Gasteiger partial charge in [-0.05, 0) is 96.3 Å². The van der Waals surface area contributed by atoms with E-state index in [0.717, 1.165) is 0 Å². The van der Waals surface area contributed by atoms with Gasteiger partial charge in [-0.3, -0.25) is 33.6 Å². The highest BCUT2D eigenvalue weighted by atomic mass is 16.7. The van der Waals surface area contributed by atoms with Crippen molar-refractivity contribution in [1.29, 1.82) is 0 Å². The second-order valence-corrected chi connectivity index (χ2v) is 28.5. The van der Waals surface area contributed by atoms with Crippen LogP contribution in [-0.4, -0.2) is 279 Å². The SMILES string of the molecule is CC(C)C(=O)C(CCCCNC(=O)C(CCCCNC(=O)CCCCO[C@@H]1OC(CO)[C@H](O)[C@H](O)C1C)CC(=O)CCCCO[C@@H]1OC(CO)[C@H](O)[C@H](O)C1C)CC(=O)C(CCCCNC(=O)CCCCO[C@@H]1OC(CO)[C@H](O)[C@H](O)C1C)NC(=O)CCCCO[C@@H]1OC(CO)[C@H](O)[C@H](O)C1C. The molecule has 0 spiro atoms. The summed E-state index contributed by atoms with van der Waals surface area (Å²) < 4.78 is 45.6. The van der Waals surface area contributed by atoms with Crippen LogP contribution in [0.5, 0.6) is 0 Å². The number of hydrogen-bond acceptors (Lipinski definition) is 27. The van der Waals surface area contributed by atoms with Crippen LogP contribution in [0.1, 0.15) is 189 Å². The summed E-state index contributed by atoms with van der Waals surface area (Å²) in [7, 11) is 0. The highest BCUT2D eigenvalue weighted by molar-refractivity contribution is 5.93. The molecule has 31 nitrogen and oxygen atoms in total. The molecule has 0 bridgehead atoms. The number of aliphatic hydroxyl groups is 12. The lowest BCUT2D eigenvalue weighted by Gasteiger charge is -2.40. The third-order valence-electron chi connectivity index (χ3n) is 19.9. The van der Waals surface area contributed by atoms with Crippen molar-refractivity contribution in [3.05, 3.63) is 0 Å². The van der Waals surface area contributed by atoms with Gasteiger partial charge >= 0.3 is 0 Å². The number of hydrogen-bond donors (Lipinski definition) is 16. The average molecular weight is 1470 g/mol. The minimum absolute atomic E-state index is 0.0246. The lowest BCUT2D eigenvalue weighted by molar-refractivity contribution is -0.282. The molecular formula is C71H126N4O27. The van der Waals surface area contributed by atoms with Crippen molar-refractivity contribution in [3.63, 3.8) is 0 Å². The fourth-order valence-corrected chi connectivity index (χ4v) is 13.0. The molecule has 4 fully saturated rings. The molecule has 11 unspecified atom stereocenters. The van der Waals surface area contributed by atoms with Gasteiger partial charge < -0.3 is 120 Å². The molecule has 0 aromatic heterocycles. The maximum Gasteiger partial charge on any atom is 0.223 e. The second-order valence-electron chi connectivity index (χ2n) is 28.5. The number of amides is 4. The smallest absolute Gasteiger partial charge is 0.223 e. The highest BCUT2D eigenvalue weighted by Gasteiger charge is 2.46. The van der Waals surface area contributed by atoms with Crippen molar-refractivity contribution < 1.29 is 133 Å². The first-order valence-corrected chi connectivity index (χ1v) is 37.3. The van der Waals surface area contributed by atoms with Crippen molar-refractivity contribution in [1.82, 2.24) is 21.3 Å². The molecule has 4 aliphatic heterocycles. The molecule has 4 amide bonds. The van der Waals surface area contributed by atoms with Crippen molar-refractivity contribution >= 4 is 41.0 Å². The Morgan fingerprint density at radius 3 is 1.05 bits per heavy atom. The zero-order valence-corrected chi connectivity index (χ0v) is 60.9. The fraction of sp³-hybridized carbons (Fsp3) is 0.901. The molecule has 102 heavy (non-hydrogen) atoms. The number of nitrogens with one attached hydrogen (secondary N) is 4. The van der Waals surface area contributed by atoms with Crippen LogP contribution in [0.25, 0.3) is 0 Å². The summed E-state index contributed by atoms with van der Waals surface area (Å²) in [5, 5.41) is 132. The Morgan fingerprint density at radius 2 is 0.696 bits per heavy atom. The number of rotatable bonds is 52. The lowest BCUT2D eigenvalue weighted by Crippen LogP contribution is -2.55. The van der Waals surface area contributed by atoms with Gasteiger partial charge in [-0.15, -0.1) is 0 Å². The van der Waals surface area contributed by atoms with E-state index < -0.39 is 178 Å². The van der Waals surface area contributed by atoms with Crippen LogP contribution in [0.2, 0.25) is 0 Å². The van der Waals surface area contributed by atoms with Gasteiger partial charge in [0.25, 0.3) is 0 Å². The molecule has 4 heterocycles. The first-order valence-electron chi connectivity index (χ1n) is 37.3. The third kappa shape index (κ3) is 30.8. The average Bonchev–Trinajstić information content (AvgIpc) is 0.839. The molecule has 0 radical (unpaired) electrons. The molecule has 31 heteroatoms. The highest BCUT2D eigenvalue weighted by Crippen LogP contribution is 2.32. The van der Waals surface area contributed by atoms with E-state index >= 15 is 0 Å². The van der Waals surface area contributed by atoms with E-state index in [9.17, 15) is 94.8 Å². The van der Waals surface area contributed by atoms with Gasteiger partial charge in [0, 0.05) is 126 Å². The number of Topliss-reactive ketones (excluding diaryl/α,β-unsaturated/α-hetero) is 3. The van der Waals surface area contributed by atoms with E-state index in [0.29, 0.717) is 109 Å². The Hall–Kier alpha value is -3.91. The zero-order chi connectivity index (χ0) is 75.4. The third-order valence-corrected chi connectivity index (χ3v) is 19.9. The van der Waals surface area contributed by atoms with E-state index in [4.69, 9.17) is 37.9 Å². The molecule has 0 aromatic rings. The summed E-state index contributed by atoms with van der Waals surface area (Å²) in [5.41, 5.74) is 0. The second kappa shape index (κ2) is 49.1. The van der Waals surface area contributed by atoms with Crippen LogP contribution in [0.4, 0.5) is 0 Å². The monoisotopic (exact) mass is 1470 g/mol. The van der Waals surface area contributed by atoms with E-state index in [2.05, 4.69) is 21.3 Å². The molecule has 0 saturated carbocycles. The Kier molecular flexibility index (Phi) is 43.6. The van der Waals surface area contributed by atoms with Crippen LogP contribution in [0.15, 0.2) is 0 Å². The van der Waals surface area contributed by atoms with Crippen LogP contribution in [0, 0.1) is 41.4 Å². The normalized spacial score (nSPS) is 30.7. The number of carbonyl (C=O) groups excluding carboxylic acids is 7. The molecular weight excluding hydrogens is 1340 g/mol. The van der Waals surface area contributed by atoms with Gasteiger partial charge in [-0.2, -0.15) is 0 Å². The maximum atomic E-state index is 14.3. The van der Waals surface area contributed by atoms with Crippen LogP contribution in [0.3, 0.4) is 0 Å². The molecule has 4 saturated heterocycles. The van der Waals surface area contributed by atoms with Crippen molar-refractivity contribution in [2.45, 2.75) is 294 Å². The number of ketones is 3.